The summed E-state index contributed by atoms with van der Waals surface area (Å²) < 4.78 is 0. The third-order valence-electron chi connectivity index (χ3n) is 2.51. The van der Waals surface area contributed by atoms with Gasteiger partial charge in [-0.3, -0.25) is 9.78 Å². The highest BCUT2D eigenvalue weighted by Gasteiger charge is 2.20. The standard InChI is InChI=1S/C12H17N3O3/c1-13-6-4-8-15(2)11(16)10-9(12(17)18)5-3-7-14-10/h3,5,7,13H,4,6,8H2,1-2H3,(H,17,18). The number of nitrogens with one attached hydrogen (secondary N) is 1. The first kappa shape index (κ1) is 14.1. The van der Waals surface area contributed by atoms with Crippen molar-refractivity contribution in [2.75, 3.05) is 27.2 Å². The average Bonchev–Trinajstić information content (AvgIpc) is 2.38. The van der Waals surface area contributed by atoms with E-state index in [0.29, 0.717) is 6.54 Å². The normalized spacial score (nSPS) is 10.1. The van der Waals surface area contributed by atoms with Gasteiger partial charge < -0.3 is 15.3 Å². The predicted molar refractivity (Wildman–Crippen MR) is 66.7 cm³/mol. The van der Waals surface area contributed by atoms with Gasteiger partial charge >= 0.3 is 5.97 Å². The largest absolute Gasteiger partial charge is 0.478 e. The van der Waals surface area contributed by atoms with E-state index in [2.05, 4.69) is 10.3 Å². The molecule has 6 heteroatoms. The van der Waals surface area contributed by atoms with Gasteiger partial charge in [0.05, 0.1) is 5.56 Å². The van der Waals surface area contributed by atoms with Crippen molar-refractivity contribution < 1.29 is 14.7 Å². The number of hydrogen-bond donors (Lipinski definition) is 2. The summed E-state index contributed by atoms with van der Waals surface area (Å²) in [5.74, 6) is -1.51. The van der Waals surface area contributed by atoms with Crippen LogP contribution in [0.2, 0.25) is 0 Å². The van der Waals surface area contributed by atoms with Crippen molar-refractivity contribution in [3.05, 3.63) is 29.6 Å². The molecule has 0 saturated carbocycles. The summed E-state index contributed by atoms with van der Waals surface area (Å²) in [6.07, 6.45) is 2.22. The molecule has 0 bridgehead atoms. The lowest BCUT2D eigenvalue weighted by atomic mass is 10.1. The Kier molecular flexibility index (Phi) is 5.26. The number of aromatic carboxylic acids is 1. The monoisotopic (exact) mass is 251 g/mol. The van der Waals surface area contributed by atoms with E-state index in [0.717, 1.165) is 13.0 Å². The molecule has 1 heterocycles. The van der Waals surface area contributed by atoms with Crippen molar-refractivity contribution in [2.45, 2.75) is 6.42 Å². The first-order valence-electron chi connectivity index (χ1n) is 5.66. The fraction of sp³-hybridized carbons (Fsp3) is 0.417. The van der Waals surface area contributed by atoms with Crippen LogP contribution in [-0.4, -0.2) is 54.1 Å². The van der Waals surface area contributed by atoms with Gasteiger partial charge in [-0.05, 0) is 32.1 Å². The minimum Gasteiger partial charge on any atom is -0.478 e. The SMILES string of the molecule is CNCCCN(C)C(=O)c1ncccc1C(=O)O. The third kappa shape index (κ3) is 3.53. The van der Waals surface area contributed by atoms with E-state index in [1.165, 1.54) is 23.2 Å². The Hall–Kier alpha value is -1.95. The molecule has 98 valence electrons. The lowest BCUT2D eigenvalue weighted by molar-refractivity contribution is 0.0679. The van der Waals surface area contributed by atoms with E-state index in [1.54, 1.807) is 7.05 Å². The number of rotatable bonds is 6. The summed E-state index contributed by atoms with van der Waals surface area (Å²) in [7, 11) is 3.47. The minimum absolute atomic E-state index is 0.0167. The number of pyridine rings is 1. The van der Waals surface area contributed by atoms with E-state index in [-0.39, 0.29) is 17.2 Å². The molecule has 0 spiro atoms. The van der Waals surface area contributed by atoms with Gasteiger partial charge in [-0.2, -0.15) is 0 Å². The molecule has 1 rings (SSSR count). The zero-order valence-electron chi connectivity index (χ0n) is 10.5. The van der Waals surface area contributed by atoms with Gasteiger partial charge in [0.25, 0.3) is 5.91 Å². The second-order valence-electron chi connectivity index (χ2n) is 3.89. The third-order valence-corrected chi connectivity index (χ3v) is 2.51. The Bertz CT molecular complexity index is 434. The maximum Gasteiger partial charge on any atom is 0.338 e. The molecule has 0 radical (unpaired) electrons. The topological polar surface area (TPSA) is 82.5 Å². The molecular formula is C12H17N3O3. The van der Waals surface area contributed by atoms with Crippen LogP contribution in [0.1, 0.15) is 27.3 Å². The minimum atomic E-state index is -1.14. The van der Waals surface area contributed by atoms with Gasteiger partial charge in [0.2, 0.25) is 0 Å². The summed E-state index contributed by atoms with van der Waals surface area (Å²) in [6, 6.07) is 2.88. The van der Waals surface area contributed by atoms with Crippen molar-refractivity contribution in [3.8, 4) is 0 Å². The van der Waals surface area contributed by atoms with Gasteiger partial charge in [0.1, 0.15) is 5.69 Å². The van der Waals surface area contributed by atoms with Crippen LogP contribution in [0.3, 0.4) is 0 Å². The fourth-order valence-electron chi connectivity index (χ4n) is 1.52. The molecule has 1 aromatic rings. The van der Waals surface area contributed by atoms with E-state index in [9.17, 15) is 9.59 Å². The van der Waals surface area contributed by atoms with E-state index < -0.39 is 5.97 Å². The summed E-state index contributed by atoms with van der Waals surface area (Å²) >= 11 is 0. The molecule has 1 aromatic heterocycles. The van der Waals surface area contributed by atoms with E-state index in [4.69, 9.17) is 5.11 Å². The lowest BCUT2D eigenvalue weighted by Crippen LogP contribution is -2.31. The van der Waals surface area contributed by atoms with Crippen molar-refractivity contribution in [1.82, 2.24) is 15.2 Å². The Balaban J connectivity index is 2.80. The van der Waals surface area contributed by atoms with Crippen molar-refractivity contribution in [2.24, 2.45) is 0 Å². The number of carboxylic acids is 1. The maximum atomic E-state index is 12.0. The van der Waals surface area contributed by atoms with E-state index >= 15 is 0 Å². The molecular weight excluding hydrogens is 234 g/mol. The van der Waals surface area contributed by atoms with E-state index in [1.807, 2.05) is 7.05 Å². The highest BCUT2D eigenvalue weighted by molar-refractivity contribution is 6.03. The number of nitrogens with zero attached hydrogens (tertiary/aromatic N) is 2. The predicted octanol–water partition coefficient (Wildman–Crippen LogP) is 0.461. The highest BCUT2D eigenvalue weighted by atomic mass is 16.4. The molecule has 0 aromatic carbocycles. The molecule has 0 unspecified atom stereocenters. The average molecular weight is 251 g/mol. The van der Waals surface area contributed by atoms with Crippen LogP contribution >= 0.6 is 0 Å². The number of carbonyl (C=O) groups is 2. The summed E-state index contributed by atoms with van der Waals surface area (Å²) in [5.41, 5.74) is -0.0834. The van der Waals surface area contributed by atoms with Crippen LogP contribution in [-0.2, 0) is 0 Å². The second kappa shape index (κ2) is 6.70. The molecule has 0 aliphatic rings. The Morgan fingerprint density at radius 1 is 1.50 bits per heavy atom. The van der Waals surface area contributed by atoms with Gasteiger partial charge in [-0.15, -0.1) is 0 Å². The molecule has 6 nitrogen and oxygen atoms in total. The molecule has 1 amide bonds. The summed E-state index contributed by atoms with van der Waals surface area (Å²) in [5, 5.41) is 12.0. The Labute approximate surface area is 106 Å². The van der Waals surface area contributed by atoms with Gasteiger partial charge in [0.15, 0.2) is 0 Å². The zero-order valence-corrected chi connectivity index (χ0v) is 10.5. The summed E-state index contributed by atoms with van der Waals surface area (Å²) in [4.78, 5) is 28.4. The van der Waals surface area contributed by atoms with Gasteiger partial charge in [-0.25, -0.2) is 4.79 Å². The van der Waals surface area contributed by atoms with Crippen LogP contribution in [0, 0.1) is 0 Å². The molecule has 2 N–H and O–H groups in total. The molecule has 0 atom stereocenters. The number of hydrogen-bond acceptors (Lipinski definition) is 4. The number of aromatic nitrogens is 1. The second-order valence-corrected chi connectivity index (χ2v) is 3.89. The van der Waals surface area contributed by atoms with Crippen LogP contribution < -0.4 is 5.32 Å². The van der Waals surface area contributed by atoms with Crippen molar-refractivity contribution in [3.63, 3.8) is 0 Å². The van der Waals surface area contributed by atoms with Crippen molar-refractivity contribution >= 4 is 11.9 Å². The van der Waals surface area contributed by atoms with Crippen LogP contribution in [0.25, 0.3) is 0 Å². The van der Waals surface area contributed by atoms with Crippen LogP contribution in [0.15, 0.2) is 18.3 Å². The zero-order chi connectivity index (χ0) is 13.5. The van der Waals surface area contributed by atoms with Crippen molar-refractivity contribution in [1.29, 1.82) is 0 Å². The Morgan fingerprint density at radius 3 is 2.83 bits per heavy atom. The molecule has 0 saturated heterocycles. The van der Waals surface area contributed by atoms with Crippen LogP contribution in [0.4, 0.5) is 0 Å². The maximum absolute atomic E-state index is 12.0. The number of carbonyl (C=O) groups excluding carboxylic acids is 1. The first-order chi connectivity index (χ1) is 8.57. The Morgan fingerprint density at radius 2 is 2.22 bits per heavy atom. The number of carboxylic acid groups (broad SMARTS) is 1. The molecule has 0 aliphatic heterocycles. The number of amides is 1. The molecule has 0 fully saturated rings. The highest BCUT2D eigenvalue weighted by Crippen LogP contribution is 2.08. The molecule has 0 aliphatic carbocycles. The van der Waals surface area contributed by atoms with Gasteiger partial charge in [-0.1, -0.05) is 0 Å². The first-order valence-corrected chi connectivity index (χ1v) is 5.66. The molecule has 18 heavy (non-hydrogen) atoms. The quantitative estimate of drug-likeness (QED) is 0.718. The van der Waals surface area contributed by atoms with Crippen LogP contribution in [0.5, 0.6) is 0 Å². The smallest absolute Gasteiger partial charge is 0.338 e. The lowest BCUT2D eigenvalue weighted by Gasteiger charge is -2.17. The fourth-order valence-corrected chi connectivity index (χ4v) is 1.52. The summed E-state index contributed by atoms with van der Waals surface area (Å²) in [6.45, 7) is 1.35. The van der Waals surface area contributed by atoms with Gasteiger partial charge in [0, 0.05) is 19.8 Å².